The summed E-state index contributed by atoms with van der Waals surface area (Å²) in [5, 5.41) is 13.8. The van der Waals surface area contributed by atoms with Crippen molar-refractivity contribution in [3.63, 3.8) is 0 Å². The minimum Gasteiger partial charge on any atom is -0.384 e. The SMILES string of the molecule is CNC1CCCC1(O)c1ccccc1. The van der Waals surface area contributed by atoms with Crippen molar-refractivity contribution in [3.8, 4) is 0 Å². The zero-order valence-corrected chi connectivity index (χ0v) is 8.53. The molecule has 0 aromatic heterocycles. The molecule has 1 aliphatic carbocycles. The van der Waals surface area contributed by atoms with Crippen molar-refractivity contribution in [2.24, 2.45) is 0 Å². The van der Waals surface area contributed by atoms with Gasteiger partial charge in [-0.15, -0.1) is 0 Å². The van der Waals surface area contributed by atoms with E-state index in [1.54, 1.807) is 0 Å². The quantitative estimate of drug-likeness (QED) is 0.745. The van der Waals surface area contributed by atoms with Crippen LogP contribution >= 0.6 is 0 Å². The van der Waals surface area contributed by atoms with Crippen LogP contribution in [0.5, 0.6) is 0 Å². The van der Waals surface area contributed by atoms with E-state index in [2.05, 4.69) is 5.32 Å². The standard InChI is InChI=1S/C12H17NO/c1-13-11-8-5-9-12(11,14)10-6-3-2-4-7-10/h2-4,6-7,11,13-14H,5,8-9H2,1H3. The van der Waals surface area contributed by atoms with E-state index >= 15 is 0 Å². The Morgan fingerprint density at radius 1 is 1.36 bits per heavy atom. The van der Waals surface area contributed by atoms with E-state index in [4.69, 9.17) is 0 Å². The van der Waals surface area contributed by atoms with Gasteiger partial charge < -0.3 is 10.4 Å². The average Bonchev–Trinajstić information content (AvgIpc) is 2.62. The molecule has 1 aliphatic rings. The van der Waals surface area contributed by atoms with Gasteiger partial charge >= 0.3 is 0 Å². The Bertz CT molecular complexity index is 298. The summed E-state index contributed by atoms with van der Waals surface area (Å²) in [6.07, 6.45) is 3.02. The maximum atomic E-state index is 10.6. The highest BCUT2D eigenvalue weighted by Crippen LogP contribution is 2.38. The van der Waals surface area contributed by atoms with Crippen molar-refractivity contribution in [2.45, 2.75) is 30.9 Å². The topological polar surface area (TPSA) is 32.3 Å². The summed E-state index contributed by atoms with van der Waals surface area (Å²) in [5.74, 6) is 0. The smallest absolute Gasteiger partial charge is 0.105 e. The Morgan fingerprint density at radius 2 is 2.07 bits per heavy atom. The first kappa shape index (κ1) is 9.69. The normalized spacial score (nSPS) is 32.0. The van der Waals surface area contributed by atoms with E-state index in [0.717, 1.165) is 24.8 Å². The van der Waals surface area contributed by atoms with E-state index in [0.29, 0.717) is 0 Å². The van der Waals surface area contributed by atoms with Crippen molar-refractivity contribution < 1.29 is 5.11 Å². The van der Waals surface area contributed by atoms with Crippen LogP contribution in [0, 0.1) is 0 Å². The molecule has 0 amide bonds. The van der Waals surface area contributed by atoms with Crippen LogP contribution in [0.25, 0.3) is 0 Å². The molecule has 0 bridgehead atoms. The second-order valence-electron chi connectivity index (χ2n) is 4.02. The van der Waals surface area contributed by atoms with Gasteiger partial charge in [-0.3, -0.25) is 0 Å². The number of benzene rings is 1. The summed E-state index contributed by atoms with van der Waals surface area (Å²) < 4.78 is 0. The summed E-state index contributed by atoms with van der Waals surface area (Å²) in [7, 11) is 1.92. The second-order valence-corrected chi connectivity index (χ2v) is 4.02. The molecular weight excluding hydrogens is 174 g/mol. The Morgan fingerprint density at radius 3 is 2.71 bits per heavy atom. The minimum absolute atomic E-state index is 0.199. The first-order valence-corrected chi connectivity index (χ1v) is 5.22. The first-order valence-electron chi connectivity index (χ1n) is 5.22. The molecule has 1 saturated carbocycles. The highest BCUT2D eigenvalue weighted by molar-refractivity contribution is 5.25. The molecule has 0 radical (unpaired) electrons. The van der Waals surface area contributed by atoms with Gasteiger partial charge in [0.25, 0.3) is 0 Å². The average molecular weight is 191 g/mol. The van der Waals surface area contributed by atoms with Gasteiger partial charge in [-0.2, -0.15) is 0 Å². The molecule has 2 unspecified atom stereocenters. The van der Waals surface area contributed by atoms with Crippen molar-refractivity contribution in [2.75, 3.05) is 7.05 Å². The van der Waals surface area contributed by atoms with Gasteiger partial charge in [-0.25, -0.2) is 0 Å². The summed E-state index contributed by atoms with van der Waals surface area (Å²) >= 11 is 0. The van der Waals surface area contributed by atoms with Gasteiger partial charge in [-0.05, 0) is 31.9 Å². The molecule has 76 valence electrons. The van der Waals surface area contributed by atoms with Gasteiger partial charge in [0.15, 0.2) is 0 Å². The number of rotatable bonds is 2. The summed E-state index contributed by atoms with van der Waals surface area (Å²) in [5.41, 5.74) is 0.382. The third-order valence-electron chi connectivity index (χ3n) is 3.25. The van der Waals surface area contributed by atoms with Crippen LogP contribution < -0.4 is 5.32 Å². The molecule has 1 aromatic rings. The second kappa shape index (κ2) is 3.71. The molecule has 0 aliphatic heterocycles. The van der Waals surface area contributed by atoms with Crippen molar-refractivity contribution in [1.29, 1.82) is 0 Å². The first-order chi connectivity index (χ1) is 6.77. The molecule has 0 heterocycles. The molecule has 2 rings (SSSR count). The fourth-order valence-electron chi connectivity index (χ4n) is 2.44. The summed E-state index contributed by atoms with van der Waals surface area (Å²) in [6, 6.07) is 10.2. The van der Waals surface area contributed by atoms with Crippen LogP contribution in [0.4, 0.5) is 0 Å². The fraction of sp³-hybridized carbons (Fsp3) is 0.500. The van der Waals surface area contributed by atoms with Gasteiger partial charge in [0.2, 0.25) is 0 Å². The minimum atomic E-state index is -0.657. The van der Waals surface area contributed by atoms with Crippen LogP contribution in [-0.4, -0.2) is 18.2 Å². The number of hydrogen-bond donors (Lipinski definition) is 2. The lowest BCUT2D eigenvalue weighted by Gasteiger charge is -2.30. The third kappa shape index (κ3) is 1.45. The highest BCUT2D eigenvalue weighted by Gasteiger charge is 2.41. The maximum absolute atomic E-state index is 10.6. The van der Waals surface area contributed by atoms with Crippen LogP contribution in [0.1, 0.15) is 24.8 Å². The van der Waals surface area contributed by atoms with Gasteiger partial charge in [-0.1, -0.05) is 30.3 Å². The van der Waals surface area contributed by atoms with Crippen LogP contribution in [0.3, 0.4) is 0 Å². The molecule has 2 N–H and O–H groups in total. The van der Waals surface area contributed by atoms with E-state index < -0.39 is 5.60 Å². The zero-order chi connectivity index (χ0) is 10.0. The highest BCUT2D eigenvalue weighted by atomic mass is 16.3. The molecule has 1 aromatic carbocycles. The number of hydrogen-bond acceptors (Lipinski definition) is 2. The van der Waals surface area contributed by atoms with Crippen molar-refractivity contribution >= 4 is 0 Å². The lowest BCUT2D eigenvalue weighted by molar-refractivity contribution is 0.0185. The Labute approximate surface area is 85.0 Å². The van der Waals surface area contributed by atoms with Crippen molar-refractivity contribution in [3.05, 3.63) is 35.9 Å². The lowest BCUT2D eigenvalue weighted by Crippen LogP contribution is -2.42. The Balaban J connectivity index is 2.31. The van der Waals surface area contributed by atoms with E-state index in [1.807, 2.05) is 37.4 Å². The van der Waals surface area contributed by atoms with E-state index in [1.165, 1.54) is 0 Å². The molecule has 2 atom stereocenters. The Kier molecular flexibility index (Phi) is 2.57. The molecule has 2 nitrogen and oxygen atoms in total. The third-order valence-corrected chi connectivity index (χ3v) is 3.25. The fourth-order valence-corrected chi connectivity index (χ4v) is 2.44. The monoisotopic (exact) mass is 191 g/mol. The van der Waals surface area contributed by atoms with Gasteiger partial charge in [0, 0.05) is 6.04 Å². The molecular formula is C12H17NO. The largest absolute Gasteiger partial charge is 0.384 e. The van der Waals surface area contributed by atoms with Crippen LogP contribution in [-0.2, 0) is 5.60 Å². The Hall–Kier alpha value is -0.860. The number of aliphatic hydroxyl groups is 1. The van der Waals surface area contributed by atoms with E-state index in [9.17, 15) is 5.11 Å². The molecule has 0 spiro atoms. The van der Waals surface area contributed by atoms with Crippen LogP contribution in [0.15, 0.2) is 30.3 Å². The maximum Gasteiger partial charge on any atom is 0.105 e. The predicted molar refractivity (Wildman–Crippen MR) is 57.0 cm³/mol. The van der Waals surface area contributed by atoms with E-state index in [-0.39, 0.29) is 6.04 Å². The zero-order valence-electron chi connectivity index (χ0n) is 8.53. The summed E-state index contributed by atoms with van der Waals surface area (Å²) in [6.45, 7) is 0. The molecule has 2 heteroatoms. The summed E-state index contributed by atoms with van der Waals surface area (Å²) in [4.78, 5) is 0. The van der Waals surface area contributed by atoms with Crippen LogP contribution in [0.2, 0.25) is 0 Å². The molecule has 1 fully saturated rings. The predicted octanol–water partition coefficient (Wildman–Crippen LogP) is 1.65. The number of likely N-dealkylation sites (N-methyl/N-ethyl adjacent to an activating group) is 1. The lowest BCUT2D eigenvalue weighted by atomic mass is 9.89. The van der Waals surface area contributed by atoms with Gasteiger partial charge in [0.05, 0.1) is 0 Å². The van der Waals surface area contributed by atoms with Crippen molar-refractivity contribution in [1.82, 2.24) is 5.32 Å². The number of nitrogens with one attached hydrogen (secondary N) is 1. The molecule has 0 saturated heterocycles. The van der Waals surface area contributed by atoms with Gasteiger partial charge in [0.1, 0.15) is 5.60 Å². The molecule has 14 heavy (non-hydrogen) atoms.